The van der Waals surface area contributed by atoms with Crippen LogP contribution in [0, 0.1) is 0 Å². The topological polar surface area (TPSA) is 25.8 Å². The molecule has 0 bridgehead atoms. The minimum absolute atomic E-state index is 1.05. The summed E-state index contributed by atoms with van der Waals surface area (Å²) < 4.78 is 2.51. The number of benzene rings is 4. The van der Waals surface area contributed by atoms with Gasteiger partial charge in [0, 0.05) is 33.3 Å². The molecular formula is C30H18N2S. The van der Waals surface area contributed by atoms with Gasteiger partial charge in [-0.15, -0.1) is 11.3 Å². The Labute approximate surface area is 194 Å². The molecule has 0 amide bonds. The quantitative estimate of drug-likeness (QED) is 0.253. The first-order chi connectivity index (χ1) is 16.4. The summed E-state index contributed by atoms with van der Waals surface area (Å²) in [5.74, 6) is 0. The standard InChI is InChI=1S/C30H18N2S/c1-7-21(23-10-2-6-19-14-15-20-9-4-16-31-28(20)27(19)23)18-22(8-1)24-11-3-12-25-29-26(33-30(24)25)13-5-17-32-29/h1-18H. The molecule has 33 heavy (non-hydrogen) atoms. The Hall–Kier alpha value is -4.08. The molecule has 7 rings (SSSR count). The molecule has 0 saturated heterocycles. The van der Waals surface area contributed by atoms with Crippen LogP contribution >= 0.6 is 11.3 Å². The van der Waals surface area contributed by atoms with E-state index in [-0.39, 0.29) is 0 Å². The first-order valence-electron chi connectivity index (χ1n) is 11.0. The third kappa shape index (κ3) is 2.86. The predicted octanol–water partition coefficient (Wildman–Crippen LogP) is 8.48. The minimum atomic E-state index is 1.05. The average molecular weight is 439 g/mol. The molecular weight excluding hydrogens is 420 g/mol. The van der Waals surface area contributed by atoms with E-state index in [9.17, 15) is 0 Å². The molecule has 3 heteroatoms. The van der Waals surface area contributed by atoms with Crippen LogP contribution in [0.1, 0.15) is 0 Å². The Balaban J connectivity index is 1.48. The van der Waals surface area contributed by atoms with Crippen LogP contribution in [0.3, 0.4) is 0 Å². The number of pyridine rings is 2. The van der Waals surface area contributed by atoms with Crippen LogP contribution in [-0.4, -0.2) is 9.97 Å². The molecule has 0 aliphatic rings. The van der Waals surface area contributed by atoms with Gasteiger partial charge in [0.05, 0.1) is 15.7 Å². The Bertz CT molecular complexity index is 1830. The fourth-order valence-electron chi connectivity index (χ4n) is 4.85. The largest absolute Gasteiger partial charge is 0.256 e. The van der Waals surface area contributed by atoms with Gasteiger partial charge in [0.15, 0.2) is 0 Å². The highest BCUT2D eigenvalue weighted by Gasteiger charge is 2.13. The van der Waals surface area contributed by atoms with Crippen molar-refractivity contribution in [1.82, 2.24) is 9.97 Å². The summed E-state index contributed by atoms with van der Waals surface area (Å²) in [5.41, 5.74) is 7.02. The summed E-state index contributed by atoms with van der Waals surface area (Å²) in [7, 11) is 0. The third-order valence-corrected chi connectivity index (χ3v) is 7.55. The summed E-state index contributed by atoms with van der Waals surface area (Å²) in [4.78, 5) is 9.37. The lowest BCUT2D eigenvalue weighted by atomic mass is 9.93. The molecule has 0 unspecified atom stereocenters. The van der Waals surface area contributed by atoms with Crippen LogP contribution in [0.25, 0.3) is 64.2 Å². The van der Waals surface area contributed by atoms with Crippen molar-refractivity contribution in [2.24, 2.45) is 0 Å². The molecule has 0 aliphatic carbocycles. The highest BCUT2D eigenvalue weighted by molar-refractivity contribution is 7.26. The van der Waals surface area contributed by atoms with E-state index < -0.39 is 0 Å². The summed E-state index contributed by atoms with van der Waals surface area (Å²) >= 11 is 1.82. The summed E-state index contributed by atoms with van der Waals surface area (Å²) in [6, 6.07) is 34.6. The van der Waals surface area contributed by atoms with Crippen molar-refractivity contribution >= 4 is 53.3 Å². The van der Waals surface area contributed by atoms with Crippen molar-refractivity contribution in [3.8, 4) is 22.3 Å². The zero-order valence-electron chi connectivity index (χ0n) is 17.7. The van der Waals surface area contributed by atoms with Gasteiger partial charge in [0.25, 0.3) is 0 Å². The van der Waals surface area contributed by atoms with Crippen molar-refractivity contribution in [2.75, 3.05) is 0 Å². The van der Waals surface area contributed by atoms with E-state index in [1.807, 2.05) is 35.9 Å². The van der Waals surface area contributed by atoms with Crippen molar-refractivity contribution < 1.29 is 0 Å². The molecule has 0 spiro atoms. The second kappa shape index (κ2) is 7.22. The number of rotatable bonds is 2. The van der Waals surface area contributed by atoms with E-state index in [0.29, 0.717) is 0 Å². The zero-order chi connectivity index (χ0) is 21.8. The van der Waals surface area contributed by atoms with Crippen LogP contribution in [0.2, 0.25) is 0 Å². The maximum atomic E-state index is 4.74. The Morgan fingerprint density at radius 2 is 1.24 bits per heavy atom. The molecule has 4 aromatic carbocycles. The van der Waals surface area contributed by atoms with E-state index in [1.165, 1.54) is 47.8 Å². The average Bonchev–Trinajstić information content (AvgIpc) is 3.27. The van der Waals surface area contributed by atoms with Gasteiger partial charge in [0.1, 0.15) is 0 Å². The zero-order valence-corrected chi connectivity index (χ0v) is 18.5. The van der Waals surface area contributed by atoms with Gasteiger partial charge in [-0.25, -0.2) is 0 Å². The Morgan fingerprint density at radius 3 is 2.18 bits per heavy atom. The number of thiophene rings is 1. The molecule has 3 heterocycles. The third-order valence-electron chi connectivity index (χ3n) is 6.35. The molecule has 0 N–H and O–H groups in total. The first kappa shape index (κ1) is 18.5. The SMILES string of the molecule is c1cc(-c2cccc3c2sc2cccnc23)cc(-c2cccc3ccc4cccnc4c23)c1. The molecule has 0 radical (unpaired) electrons. The lowest BCUT2D eigenvalue weighted by Gasteiger charge is -2.11. The highest BCUT2D eigenvalue weighted by atomic mass is 32.1. The number of hydrogen-bond acceptors (Lipinski definition) is 3. The van der Waals surface area contributed by atoms with Crippen LogP contribution in [0.15, 0.2) is 109 Å². The predicted molar refractivity (Wildman–Crippen MR) is 141 cm³/mol. The van der Waals surface area contributed by atoms with Gasteiger partial charge in [-0.05, 0) is 51.9 Å². The van der Waals surface area contributed by atoms with Crippen LogP contribution < -0.4 is 0 Å². The summed E-state index contributed by atoms with van der Waals surface area (Å²) in [6.07, 6.45) is 3.76. The summed E-state index contributed by atoms with van der Waals surface area (Å²) in [5, 5.41) is 4.80. The van der Waals surface area contributed by atoms with E-state index in [4.69, 9.17) is 4.98 Å². The van der Waals surface area contributed by atoms with Gasteiger partial charge < -0.3 is 0 Å². The Morgan fingerprint density at radius 1 is 0.545 bits per heavy atom. The second-order valence-electron chi connectivity index (χ2n) is 8.26. The Kier molecular flexibility index (Phi) is 4.05. The van der Waals surface area contributed by atoms with Crippen molar-refractivity contribution in [2.45, 2.75) is 0 Å². The van der Waals surface area contributed by atoms with Crippen molar-refractivity contribution in [3.63, 3.8) is 0 Å². The molecule has 7 aromatic rings. The molecule has 0 fully saturated rings. The minimum Gasteiger partial charge on any atom is -0.256 e. The normalized spacial score (nSPS) is 11.6. The number of fused-ring (bicyclic) bond motifs is 6. The number of aromatic nitrogens is 2. The van der Waals surface area contributed by atoms with E-state index in [1.54, 1.807) is 0 Å². The molecule has 2 nitrogen and oxygen atoms in total. The maximum Gasteiger partial charge on any atom is 0.0888 e. The fourth-order valence-corrected chi connectivity index (χ4v) is 6.05. The van der Waals surface area contributed by atoms with Gasteiger partial charge >= 0.3 is 0 Å². The maximum absolute atomic E-state index is 4.74. The van der Waals surface area contributed by atoms with Crippen molar-refractivity contribution in [3.05, 3.63) is 109 Å². The smallest absolute Gasteiger partial charge is 0.0888 e. The molecule has 0 atom stereocenters. The first-order valence-corrected chi connectivity index (χ1v) is 11.8. The molecule has 3 aromatic heterocycles. The second-order valence-corrected chi connectivity index (χ2v) is 9.31. The monoisotopic (exact) mass is 438 g/mol. The molecule has 0 aliphatic heterocycles. The van der Waals surface area contributed by atoms with Crippen LogP contribution in [0.4, 0.5) is 0 Å². The lowest BCUT2D eigenvalue weighted by molar-refractivity contribution is 1.43. The van der Waals surface area contributed by atoms with E-state index in [2.05, 4.69) is 89.9 Å². The molecule has 0 saturated carbocycles. The van der Waals surface area contributed by atoms with Gasteiger partial charge in [-0.2, -0.15) is 0 Å². The van der Waals surface area contributed by atoms with Crippen molar-refractivity contribution in [1.29, 1.82) is 0 Å². The fraction of sp³-hybridized carbons (Fsp3) is 0. The number of nitrogens with zero attached hydrogens (tertiary/aromatic N) is 2. The van der Waals surface area contributed by atoms with Gasteiger partial charge in [-0.1, -0.05) is 72.8 Å². The lowest BCUT2D eigenvalue weighted by Crippen LogP contribution is -1.87. The van der Waals surface area contributed by atoms with Crippen LogP contribution in [-0.2, 0) is 0 Å². The highest BCUT2D eigenvalue weighted by Crippen LogP contribution is 2.40. The molecule has 154 valence electrons. The van der Waals surface area contributed by atoms with Gasteiger partial charge in [-0.3, -0.25) is 9.97 Å². The van der Waals surface area contributed by atoms with Crippen LogP contribution in [0.5, 0.6) is 0 Å². The van der Waals surface area contributed by atoms with E-state index >= 15 is 0 Å². The summed E-state index contributed by atoms with van der Waals surface area (Å²) in [6.45, 7) is 0. The van der Waals surface area contributed by atoms with Gasteiger partial charge in [0.2, 0.25) is 0 Å². The van der Waals surface area contributed by atoms with E-state index in [0.717, 1.165) is 16.4 Å². The number of hydrogen-bond donors (Lipinski definition) is 0.